The predicted octanol–water partition coefficient (Wildman–Crippen LogP) is 2.48. The molecule has 0 spiro atoms. The number of halogens is 1. The standard InChI is InChI=1S/C23H27FN4O4/c1-31-20-8-7-19(14-21(20)32-2)28-15-17(13-22(28)29)25-23(30)27-11-9-26(10-12-27)18-5-3-16(24)4-6-18/h3-8,14,17H,9-13,15H2,1-2H3,(H,25,30)/t17-/m1/s1. The Morgan fingerprint density at radius 3 is 2.28 bits per heavy atom. The van der Waals surface area contributed by atoms with Gasteiger partial charge in [0.2, 0.25) is 5.91 Å². The molecular formula is C23H27FN4O4. The molecule has 0 saturated carbocycles. The van der Waals surface area contributed by atoms with Crippen LogP contribution in [0.5, 0.6) is 11.5 Å². The molecule has 2 saturated heterocycles. The van der Waals surface area contributed by atoms with Crippen LogP contribution in [-0.4, -0.2) is 69.8 Å². The molecule has 0 radical (unpaired) electrons. The number of amides is 3. The second-order valence-corrected chi connectivity index (χ2v) is 7.84. The van der Waals surface area contributed by atoms with Crippen molar-refractivity contribution < 1.29 is 23.5 Å². The fraction of sp³-hybridized carbons (Fsp3) is 0.391. The molecule has 0 unspecified atom stereocenters. The van der Waals surface area contributed by atoms with E-state index in [0.717, 1.165) is 5.69 Å². The molecule has 32 heavy (non-hydrogen) atoms. The minimum Gasteiger partial charge on any atom is -0.493 e. The van der Waals surface area contributed by atoms with E-state index in [1.54, 1.807) is 54.4 Å². The van der Waals surface area contributed by atoms with Crippen LogP contribution in [0.25, 0.3) is 0 Å². The normalized spacial score (nSPS) is 18.7. The number of carbonyl (C=O) groups is 2. The molecule has 2 aliphatic heterocycles. The zero-order chi connectivity index (χ0) is 22.7. The molecule has 8 nitrogen and oxygen atoms in total. The highest BCUT2D eigenvalue weighted by Crippen LogP contribution is 2.33. The zero-order valence-electron chi connectivity index (χ0n) is 18.2. The van der Waals surface area contributed by atoms with Crippen LogP contribution in [0, 0.1) is 5.82 Å². The van der Waals surface area contributed by atoms with Gasteiger partial charge in [0.15, 0.2) is 11.5 Å². The SMILES string of the molecule is COc1ccc(N2C[C@H](NC(=O)N3CCN(c4ccc(F)cc4)CC3)CC2=O)cc1OC. The van der Waals surface area contributed by atoms with Crippen LogP contribution < -0.4 is 24.6 Å². The lowest BCUT2D eigenvalue weighted by Gasteiger charge is -2.36. The molecule has 2 aromatic rings. The Balaban J connectivity index is 1.32. The van der Waals surface area contributed by atoms with Gasteiger partial charge in [-0.05, 0) is 36.4 Å². The number of methoxy groups -OCH3 is 2. The first-order valence-electron chi connectivity index (χ1n) is 10.6. The maximum absolute atomic E-state index is 13.1. The summed E-state index contributed by atoms with van der Waals surface area (Å²) in [6.45, 7) is 2.85. The van der Waals surface area contributed by atoms with Crippen LogP contribution in [0.2, 0.25) is 0 Å². The Morgan fingerprint density at radius 1 is 0.969 bits per heavy atom. The third kappa shape index (κ3) is 4.56. The van der Waals surface area contributed by atoms with E-state index < -0.39 is 0 Å². The molecule has 2 aliphatic rings. The smallest absolute Gasteiger partial charge is 0.317 e. The van der Waals surface area contributed by atoms with Crippen molar-refractivity contribution in [1.29, 1.82) is 0 Å². The van der Waals surface area contributed by atoms with Crippen LogP contribution in [0.3, 0.4) is 0 Å². The van der Waals surface area contributed by atoms with Crippen molar-refractivity contribution in [3.8, 4) is 11.5 Å². The summed E-state index contributed by atoms with van der Waals surface area (Å²) in [7, 11) is 3.11. The van der Waals surface area contributed by atoms with Crippen molar-refractivity contribution >= 4 is 23.3 Å². The van der Waals surface area contributed by atoms with Crippen molar-refractivity contribution in [2.24, 2.45) is 0 Å². The van der Waals surface area contributed by atoms with E-state index in [0.29, 0.717) is 49.9 Å². The van der Waals surface area contributed by atoms with Gasteiger partial charge in [0, 0.05) is 56.6 Å². The topological polar surface area (TPSA) is 74.4 Å². The quantitative estimate of drug-likeness (QED) is 0.770. The molecule has 3 amide bonds. The third-order valence-electron chi connectivity index (χ3n) is 5.89. The first-order valence-corrected chi connectivity index (χ1v) is 10.6. The largest absolute Gasteiger partial charge is 0.493 e. The number of urea groups is 1. The van der Waals surface area contributed by atoms with Gasteiger partial charge in [-0.25, -0.2) is 9.18 Å². The molecule has 2 aromatic carbocycles. The Bertz CT molecular complexity index is 976. The van der Waals surface area contributed by atoms with Gasteiger partial charge in [-0.1, -0.05) is 0 Å². The summed E-state index contributed by atoms with van der Waals surface area (Å²) < 4.78 is 23.7. The average molecular weight is 442 g/mol. The molecule has 2 fully saturated rings. The monoisotopic (exact) mass is 442 g/mol. The van der Waals surface area contributed by atoms with Gasteiger partial charge in [0.05, 0.1) is 20.3 Å². The number of hydrogen-bond donors (Lipinski definition) is 1. The highest BCUT2D eigenvalue weighted by molar-refractivity contribution is 5.97. The van der Waals surface area contributed by atoms with Crippen molar-refractivity contribution in [2.45, 2.75) is 12.5 Å². The van der Waals surface area contributed by atoms with E-state index in [9.17, 15) is 14.0 Å². The van der Waals surface area contributed by atoms with E-state index in [1.807, 2.05) is 0 Å². The minimum atomic E-state index is -0.266. The molecule has 0 aromatic heterocycles. The van der Waals surface area contributed by atoms with Crippen LogP contribution in [-0.2, 0) is 4.79 Å². The van der Waals surface area contributed by atoms with Gasteiger partial charge >= 0.3 is 6.03 Å². The predicted molar refractivity (Wildman–Crippen MR) is 119 cm³/mol. The average Bonchev–Trinajstić information content (AvgIpc) is 3.18. The molecule has 170 valence electrons. The van der Waals surface area contributed by atoms with Crippen molar-refractivity contribution in [2.75, 3.05) is 56.7 Å². The van der Waals surface area contributed by atoms with Gasteiger partial charge in [-0.3, -0.25) is 4.79 Å². The number of ether oxygens (including phenoxy) is 2. The lowest BCUT2D eigenvalue weighted by molar-refractivity contribution is -0.117. The summed E-state index contributed by atoms with van der Waals surface area (Å²) >= 11 is 0. The lowest BCUT2D eigenvalue weighted by Crippen LogP contribution is -2.53. The third-order valence-corrected chi connectivity index (χ3v) is 5.89. The Hall–Kier alpha value is -3.49. The molecule has 2 heterocycles. The Morgan fingerprint density at radius 2 is 1.62 bits per heavy atom. The number of benzene rings is 2. The first kappa shape index (κ1) is 21.7. The number of rotatable bonds is 5. The van der Waals surface area contributed by atoms with Gasteiger partial charge in [-0.2, -0.15) is 0 Å². The van der Waals surface area contributed by atoms with E-state index in [1.165, 1.54) is 12.1 Å². The zero-order valence-corrected chi connectivity index (χ0v) is 18.2. The number of carbonyl (C=O) groups excluding carboxylic acids is 2. The Labute approximate surface area is 186 Å². The summed E-state index contributed by atoms with van der Waals surface area (Å²) in [5.74, 6) is 0.820. The fourth-order valence-corrected chi connectivity index (χ4v) is 4.13. The summed E-state index contributed by atoms with van der Waals surface area (Å²) in [6.07, 6.45) is 0.246. The molecule has 9 heteroatoms. The number of piperazine rings is 1. The highest BCUT2D eigenvalue weighted by Gasteiger charge is 2.33. The Kier molecular flexibility index (Phi) is 6.34. The maximum Gasteiger partial charge on any atom is 0.317 e. The summed E-state index contributed by atoms with van der Waals surface area (Å²) in [5, 5.41) is 2.99. The number of nitrogens with one attached hydrogen (secondary N) is 1. The minimum absolute atomic E-state index is 0.0522. The van der Waals surface area contributed by atoms with Crippen LogP contribution >= 0.6 is 0 Å². The summed E-state index contributed by atoms with van der Waals surface area (Å²) in [5.41, 5.74) is 1.65. The maximum atomic E-state index is 13.1. The molecule has 1 N–H and O–H groups in total. The summed E-state index contributed by atoms with van der Waals surface area (Å²) in [4.78, 5) is 30.9. The molecular weight excluding hydrogens is 415 g/mol. The molecule has 0 aliphatic carbocycles. The van der Waals surface area contributed by atoms with E-state index in [4.69, 9.17) is 9.47 Å². The highest BCUT2D eigenvalue weighted by atomic mass is 19.1. The second-order valence-electron chi connectivity index (χ2n) is 7.84. The van der Waals surface area contributed by atoms with Gasteiger partial charge in [0.1, 0.15) is 5.82 Å². The lowest BCUT2D eigenvalue weighted by atomic mass is 10.2. The number of anilines is 2. The van der Waals surface area contributed by atoms with Gasteiger partial charge in [0.25, 0.3) is 0 Å². The van der Waals surface area contributed by atoms with E-state index >= 15 is 0 Å². The van der Waals surface area contributed by atoms with Crippen LogP contribution in [0.15, 0.2) is 42.5 Å². The first-order chi connectivity index (χ1) is 15.5. The van der Waals surface area contributed by atoms with E-state index in [2.05, 4.69) is 10.2 Å². The number of hydrogen-bond acceptors (Lipinski definition) is 5. The molecule has 1 atom stereocenters. The van der Waals surface area contributed by atoms with Crippen LogP contribution in [0.4, 0.5) is 20.6 Å². The number of nitrogens with zero attached hydrogens (tertiary/aromatic N) is 3. The van der Waals surface area contributed by atoms with Crippen molar-refractivity contribution in [3.05, 3.63) is 48.3 Å². The van der Waals surface area contributed by atoms with Gasteiger partial charge < -0.3 is 29.5 Å². The summed E-state index contributed by atoms with van der Waals surface area (Å²) in [6, 6.07) is 11.3. The van der Waals surface area contributed by atoms with Crippen molar-refractivity contribution in [3.63, 3.8) is 0 Å². The fourth-order valence-electron chi connectivity index (χ4n) is 4.13. The molecule has 4 rings (SSSR count). The van der Waals surface area contributed by atoms with Crippen molar-refractivity contribution in [1.82, 2.24) is 10.2 Å². The van der Waals surface area contributed by atoms with Crippen LogP contribution in [0.1, 0.15) is 6.42 Å². The molecule has 0 bridgehead atoms. The second kappa shape index (κ2) is 9.33. The van der Waals surface area contributed by atoms with E-state index in [-0.39, 0.29) is 30.2 Å². The van der Waals surface area contributed by atoms with Gasteiger partial charge in [-0.15, -0.1) is 0 Å².